The maximum atomic E-state index is 12.7. The number of likely N-dealkylation sites (N-methyl/N-ethyl adjacent to an activating group) is 1. The Morgan fingerprint density at radius 2 is 2.15 bits per heavy atom. The number of nitrogens with zero attached hydrogens (tertiary/aromatic N) is 2. The van der Waals surface area contributed by atoms with E-state index in [1.165, 1.54) is 21.7 Å². The van der Waals surface area contributed by atoms with E-state index in [4.69, 9.17) is 5.11 Å². The van der Waals surface area contributed by atoms with E-state index >= 15 is 0 Å². The highest BCUT2D eigenvalue weighted by atomic mass is 32.1. The standard InChI is InChI=1S/C24H24N4O4S/c1-14-17-5-3-4-6-19(17)33-20(14)13-28(2)21(29)10-7-15-11-16-8-9-18(26-24(31)32)23(30)27-22(16)25-12-15/h3-7,10-12,18,26H,8-9,13H2,1-2H3,(H,31,32)(H,25,27,30)/b10-7+. The van der Waals surface area contributed by atoms with Crippen LogP contribution in [0.2, 0.25) is 0 Å². The third-order valence-electron chi connectivity index (χ3n) is 5.66. The number of nitrogens with one attached hydrogen (secondary N) is 2. The zero-order valence-electron chi connectivity index (χ0n) is 18.3. The molecule has 1 aliphatic rings. The summed E-state index contributed by atoms with van der Waals surface area (Å²) in [6.07, 6.45) is 4.35. The quantitative estimate of drug-likeness (QED) is 0.498. The van der Waals surface area contributed by atoms with E-state index in [2.05, 4.69) is 34.7 Å². The number of rotatable bonds is 5. The van der Waals surface area contributed by atoms with Crippen molar-refractivity contribution in [2.24, 2.45) is 0 Å². The van der Waals surface area contributed by atoms with Gasteiger partial charge in [0.25, 0.3) is 0 Å². The molecular weight excluding hydrogens is 440 g/mol. The fraction of sp³-hybridized carbons (Fsp3) is 0.250. The number of hydrogen-bond donors (Lipinski definition) is 3. The number of carbonyl (C=O) groups is 3. The molecule has 4 rings (SSSR count). The van der Waals surface area contributed by atoms with Crippen molar-refractivity contribution in [1.82, 2.24) is 15.2 Å². The lowest BCUT2D eigenvalue weighted by atomic mass is 10.1. The minimum absolute atomic E-state index is 0.124. The Kier molecular flexibility index (Phi) is 6.41. The Hall–Kier alpha value is -3.72. The molecule has 1 aromatic carbocycles. The molecule has 3 heterocycles. The van der Waals surface area contributed by atoms with E-state index in [9.17, 15) is 14.4 Å². The van der Waals surface area contributed by atoms with Gasteiger partial charge in [0, 0.05) is 28.9 Å². The molecule has 0 saturated carbocycles. The number of anilines is 1. The lowest BCUT2D eigenvalue weighted by Crippen LogP contribution is -2.42. The molecule has 0 bridgehead atoms. The number of amides is 3. The fourth-order valence-corrected chi connectivity index (χ4v) is 5.07. The van der Waals surface area contributed by atoms with Gasteiger partial charge in [-0.15, -0.1) is 11.3 Å². The molecule has 8 nitrogen and oxygen atoms in total. The van der Waals surface area contributed by atoms with E-state index in [1.54, 1.807) is 35.6 Å². The Morgan fingerprint density at radius 3 is 2.91 bits per heavy atom. The number of thiophene rings is 1. The maximum absolute atomic E-state index is 12.7. The van der Waals surface area contributed by atoms with Crippen LogP contribution in [0.5, 0.6) is 0 Å². The van der Waals surface area contributed by atoms with Gasteiger partial charge in [-0.1, -0.05) is 18.2 Å². The van der Waals surface area contributed by atoms with Gasteiger partial charge in [0.1, 0.15) is 11.9 Å². The highest BCUT2D eigenvalue weighted by Gasteiger charge is 2.25. The predicted molar refractivity (Wildman–Crippen MR) is 128 cm³/mol. The largest absolute Gasteiger partial charge is 0.465 e. The second kappa shape index (κ2) is 9.41. The van der Waals surface area contributed by atoms with Gasteiger partial charge in [0.05, 0.1) is 6.54 Å². The van der Waals surface area contributed by atoms with Gasteiger partial charge in [-0.05, 0) is 60.1 Å². The summed E-state index contributed by atoms with van der Waals surface area (Å²) in [6, 6.07) is 9.25. The van der Waals surface area contributed by atoms with Crippen LogP contribution >= 0.6 is 11.3 Å². The van der Waals surface area contributed by atoms with Crippen molar-refractivity contribution in [2.75, 3.05) is 12.4 Å². The van der Waals surface area contributed by atoms with Gasteiger partial charge in [-0.25, -0.2) is 9.78 Å². The van der Waals surface area contributed by atoms with Gasteiger partial charge >= 0.3 is 6.09 Å². The molecule has 3 aromatic rings. The highest BCUT2D eigenvalue weighted by molar-refractivity contribution is 7.19. The number of aryl methyl sites for hydroxylation is 2. The van der Waals surface area contributed by atoms with Crippen molar-refractivity contribution in [1.29, 1.82) is 0 Å². The first kappa shape index (κ1) is 22.5. The van der Waals surface area contributed by atoms with Crippen LogP contribution in [0.25, 0.3) is 16.2 Å². The summed E-state index contributed by atoms with van der Waals surface area (Å²) in [4.78, 5) is 42.9. The van der Waals surface area contributed by atoms with Crippen molar-refractivity contribution in [3.8, 4) is 0 Å². The molecule has 3 N–H and O–H groups in total. The second-order valence-electron chi connectivity index (χ2n) is 7.98. The number of aromatic nitrogens is 1. The average molecular weight is 465 g/mol. The van der Waals surface area contributed by atoms with Gasteiger partial charge in [-0.2, -0.15) is 0 Å². The molecule has 0 saturated heterocycles. The first-order valence-corrected chi connectivity index (χ1v) is 11.3. The molecule has 1 atom stereocenters. The number of hydrogen-bond acceptors (Lipinski definition) is 5. The highest BCUT2D eigenvalue weighted by Crippen LogP contribution is 2.31. The summed E-state index contributed by atoms with van der Waals surface area (Å²) in [7, 11) is 1.77. The molecule has 0 fully saturated rings. The van der Waals surface area contributed by atoms with Crippen molar-refractivity contribution < 1.29 is 19.5 Å². The lowest BCUT2D eigenvalue weighted by molar-refractivity contribution is -0.125. The molecule has 33 heavy (non-hydrogen) atoms. The lowest BCUT2D eigenvalue weighted by Gasteiger charge is -2.14. The minimum atomic E-state index is -1.24. The number of benzene rings is 1. The third-order valence-corrected chi connectivity index (χ3v) is 6.92. The van der Waals surface area contributed by atoms with Crippen LogP contribution in [0.3, 0.4) is 0 Å². The zero-order chi connectivity index (χ0) is 23.5. The van der Waals surface area contributed by atoms with Crippen LogP contribution in [0.4, 0.5) is 10.6 Å². The van der Waals surface area contributed by atoms with Crippen molar-refractivity contribution in [2.45, 2.75) is 32.4 Å². The predicted octanol–water partition coefficient (Wildman–Crippen LogP) is 3.80. The number of carbonyl (C=O) groups excluding carboxylic acids is 2. The molecule has 2 aromatic heterocycles. The summed E-state index contributed by atoms with van der Waals surface area (Å²) >= 11 is 1.70. The Labute approximate surface area is 194 Å². The van der Waals surface area contributed by atoms with Crippen LogP contribution < -0.4 is 10.6 Å². The number of carboxylic acid groups (broad SMARTS) is 1. The summed E-state index contributed by atoms with van der Waals surface area (Å²) < 4.78 is 1.21. The van der Waals surface area contributed by atoms with Crippen LogP contribution in [0.1, 0.15) is 28.0 Å². The van der Waals surface area contributed by atoms with E-state index in [0.717, 1.165) is 16.0 Å². The molecular formula is C24H24N4O4S. The van der Waals surface area contributed by atoms with Crippen molar-refractivity contribution in [3.05, 3.63) is 64.2 Å². The molecule has 170 valence electrons. The maximum Gasteiger partial charge on any atom is 0.405 e. The molecule has 0 aliphatic carbocycles. The molecule has 1 unspecified atom stereocenters. The van der Waals surface area contributed by atoms with Crippen LogP contribution in [0, 0.1) is 6.92 Å². The normalized spacial score (nSPS) is 15.7. The van der Waals surface area contributed by atoms with E-state index < -0.39 is 18.0 Å². The van der Waals surface area contributed by atoms with Gasteiger partial charge in [0.2, 0.25) is 11.8 Å². The monoisotopic (exact) mass is 464 g/mol. The van der Waals surface area contributed by atoms with Gasteiger partial charge in [-0.3, -0.25) is 9.59 Å². The molecule has 3 amide bonds. The molecule has 9 heteroatoms. The van der Waals surface area contributed by atoms with Crippen LogP contribution in [-0.4, -0.2) is 46.0 Å². The molecule has 0 radical (unpaired) electrons. The first-order valence-electron chi connectivity index (χ1n) is 10.5. The van der Waals surface area contributed by atoms with E-state index in [0.29, 0.717) is 25.2 Å². The second-order valence-corrected chi connectivity index (χ2v) is 9.12. The Bertz CT molecular complexity index is 1270. The minimum Gasteiger partial charge on any atom is -0.465 e. The summed E-state index contributed by atoms with van der Waals surface area (Å²) in [5.41, 5.74) is 2.72. The Balaban J connectivity index is 1.43. The average Bonchev–Trinajstić information content (AvgIpc) is 3.01. The Morgan fingerprint density at radius 1 is 1.36 bits per heavy atom. The number of pyridine rings is 1. The topological polar surface area (TPSA) is 112 Å². The number of fused-ring (bicyclic) bond motifs is 2. The smallest absolute Gasteiger partial charge is 0.405 e. The zero-order valence-corrected chi connectivity index (χ0v) is 19.1. The molecule has 0 spiro atoms. The van der Waals surface area contributed by atoms with E-state index in [-0.39, 0.29) is 5.91 Å². The van der Waals surface area contributed by atoms with Crippen LogP contribution in [-0.2, 0) is 22.6 Å². The summed E-state index contributed by atoms with van der Waals surface area (Å²) in [5, 5.41) is 15.0. The SMILES string of the molecule is Cc1c(CN(C)C(=O)/C=C/c2cnc3c(c2)CCC(NC(=O)O)C(=O)N3)sc2ccccc12. The van der Waals surface area contributed by atoms with Gasteiger partial charge in [0.15, 0.2) is 0 Å². The van der Waals surface area contributed by atoms with Crippen molar-refractivity contribution >= 4 is 51.2 Å². The first-order chi connectivity index (χ1) is 15.8. The fourth-order valence-electron chi connectivity index (χ4n) is 3.81. The third kappa shape index (κ3) is 5.04. The molecule has 1 aliphatic heterocycles. The summed E-state index contributed by atoms with van der Waals surface area (Å²) in [6.45, 7) is 2.61. The van der Waals surface area contributed by atoms with Crippen molar-refractivity contribution in [3.63, 3.8) is 0 Å². The van der Waals surface area contributed by atoms with Crippen LogP contribution in [0.15, 0.2) is 42.6 Å². The van der Waals surface area contributed by atoms with Gasteiger partial charge < -0.3 is 20.6 Å². The van der Waals surface area contributed by atoms with E-state index in [1.807, 2.05) is 18.2 Å². The summed E-state index contributed by atoms with van der Waals surface area (Å²) in [5.74, 6) is -0.142.